The van der Waals surface area contributed by atoms with Crippen LogP contribution in [0.5, 0.6) is 0 Å². The Labute approximate surface area is 111 Å². The zero-order valence-corrected chi connectivity index (χ0v) is 11.4. The highest BCUT2D eigenvalue weighted by Gasteiger charge is 2.11. The maximum absolute atomic E-state index is 11.1. The van der Waals surface area contributed by atoms with Crippen LogP contribution >= 0.6 is 0 Å². The van der Waals surface area contributed by atoms with E-state index in [1.807, 2.05) is 6.92 Å². The quantitative estimate of drug-likeness (QED) is 0.664. The van der Waals surface area contributed by atoms with Gasteiger partial charge in [-0.05, 0) is 31.2 Å². The molecule has 1 atom stereocenters. The molecule has 2 heteroatoms. The second kappa shape index (κ2) is 8.73. The summed E-state index contributed by atoms with van der Waals surface area (Å²) in [6.45, 7) is 2.03. The molecule has 1 rings (SSSR count). The predicted octanol–water partition coefficient (Wildman–Crippen LogP) is 3.69. The molecule has 100 valence electrons. The van der Waals surface area contributed by atoms with E-state index in [2.05, 4.69) is 30.3 Å². The van der Waals surface area contributed by atoms with Gasteiger partial charge in [-0.1, -0.05) is 56.5 Å². The van der Waals surface area contributed by atoms with E-state index < -0.39 is 0 Å². The Kier molecular flexibility index (Phi) is 7.16. The molecule has 0 fully saturated rings. The molecule has 2 N–H and O–H groups in total. The third kappa shape index (κ3) is 5.85. The molecule has 1 unspecified atom stereocenters. The van der Waals surface area contributed by atoms with Crippen molar-refractivity contribution in [1.82, 2.24) is 0 Å². The van der Waals surface area contributed by atoms with Crippen LogP contribution in [0.3, 0.4) is 0 Å². The summed E-state index contributed by atoms with van der Waals surface area (Å²) >= 11 is 0. The van der Waals surface area contributed by atoms with Gasteiger partial charge in [-0.25, -0.2) is 0 Å². The summed E-state index contributed by atoms with van der Waals surface area (Å²) in [4.78, 5) is 11.1. The molecule has 0 bridgehead atoms. The molecular weight excluding hydrogens is 222 g/mol. The maximum Gasteiger partial charge on any atom is 0.220 e. The van der Waals surface area contributed by atoms with E-state index in [9.17, 15) is 4.79 Å². The van der Waals surface area contributed by atoms with Gasteiger partial charge in [0.2, 0.25) is 5.91 Å². The number of primary amides is 1. The lowest BCUT2D eigenvalue weighted by atomic mass is 9.97. The Balaban J connectivity index is 2.04. The Hall–Kier alpha value is -1.31. The first-order chi connectivity index (χ1) is 8.74. The summed E-state index contributed by atoms with van der Waals surface area (Å²) < 4.78 is 0. The number of amides is 1. The van der Waals surface area contributed by atoms with Gasteiger partial charge >= 0.3 is 0 Å². The van der Waals surface area contributed by atoms with Crippen molar-refractivity contribution in [3.8, 4) is 0 Å². The zero-order valence-electron chi connectivity index (χ0n) is 11.4. The van der Waals surface area contributed by atoms with Crippen molar-refractivity contribution in [3.63, 3.8) is 0 Å². The molecular formula is C16H25NO. The molecule has 1 aromatic carbocycles. The van der Waals surface area contributed by atoms with Crippen LogP contribution in [0.1, 0.15) is 51.0 Å². The van der Waals surface area contributed by atoms with E-state index in [1.165, 1.54) is 24.8 Å². The monoisotopic (exact) mass is 247 g/mol. The summed E-state index contributed by atoms with van der Waals surface area (Å²) in [5, 5.41) is 0. The van der Waals surface area contributed by atoms with Crippen molar-refractivity contribution in [3.05, 3.63) is 35.9 Å². The molecule has 0 aromatic heterocycles. The molecule has 2 nitrogen and oxygen atoms in total. The number of benzene rings is 1. The van der Waals surface area contributed by atoms with Crippen molar-refractivity contribution >= 4 is 5.91 Å². The highest BCUT2D eigenvalue weighted by molar-refractivity contribution is 5.76. The maximum atomic E-state index is 11.1. The molecule has 0 aliphatic heterocycles. The van der Waals surface area contributed by atoms with Crippen LogP contribution in [0.15, 0.2) is 30.3 Å². The average molecular weight is 247 g/mol. The minimum absolute atomic E-state index is 0.0825. The number of unbranched alkanes of at least 4 members (excludes halogenated alkanes) is 3. The molecule has 0 radical (unpaired) electrons. The third-order valence-electron chi connectivity index (χ3n) is 3.51. The molecule has 0 aliphatic rings. The second-order valence-corrected chi connectivity index (χ2v) is 4.95. The highest BCUT2D eigenvalue weighted by Crippen LogP contribution is 2.14. The Morgan fingerprint density at radius 3 is 2.39 bits per heavy atom. The molecule has 0 heterocycles. The van der Waals surface area contributed by atoms with Gasteiger partial charge in [0.15, 0.2) is 0 Å². The normalized spacial score (nSPS) is 12.3. The number of carbonyl (C=O) groups is 1. The lowest BCUT2D eigenvalue weighted by molar-refractivity contribution is -0.122. The molecule has 0 spiro atoms. The Morgan fingerprint density at radius 2 is 1.78 bits per heavy atom. The first kappa shape index (κ1) is 14.7. The van der Waals surface area contributed by atoms with Crippen LogP contribution in [-0.4, -0.2) is 5.91 Å². The predicted molar refractivity (Wildman–Crippen MR) is 76.2 cm³/mol. The number of nitrogens with two attached hydrogens (primary N) is 1. The topological polar surface area (TPSA) is 43.1 Å². The van der Waals surface area contributed by atoms with Crippen LogP contribution in [0, 0.1) is 5.92 Å². The van der Waals surface area contributed by atoms with Crippen molar-refractivity contribution in [2.75, 3.05) is 0 Å². The van der Waals surface area contributed by atoms with E-state index in [0.717, 1.165) is 25.7 Å². The number of carbonyl (C=O) groups excluding carboxylic acids is 1. The largest absolute Gasteiger partial charge is 0.369 e. The molecule has 0 aliphatic carbocycles. The second-order valence-electron chi connectivity index (χ2n) is 4.95. The molecule has 1 amide bonds. The first-order valence-electron chi connectivity index (χ1n) is 7.07. The van der Waals surface area contributed by atoms with E-state index in [0.29, 0.717) is 0 Å². The Morgan fingerprint density at radius 1 is 1.11 bits per heavy atom. The van der Waals surface area contributed by atoms with E-state index in [-0.39, 0.29) is 11.8 Å². The fourth-order valence-corrected chi connectivity index (χ4v) is 2.27. The van der Waals surface area contributed by atoms with Crippen LogP contribution in [0.2, 0.25) is 0 Å². The first-order valence-corrected chi connectivity index (χ1v) is 7.07. The number of hydrogen-bond donors (Lipinski definition) is 1. The van der Waals surface area contributed by atoms with Gasteiger partial charge in [0.25, 0.3) is 0 Å². The van der Waals surface area contributed by atoms with Gasteiger partial charge in [-0.3, -0.25) is 4.79 Å². The number of rotatable bonds is 9. The molecule has 18 heavy (non-hydrogen) atoms. The smallest absolute Gasteiger partial charge is 0.220 e. The van der Waals surface area contributed by atoms with Crippen molar-refractivity contribution in [1.29, 1.82) is 0 Å². The van der Waals surface area contributed by atoms with Gasteiger partial charge in [0.05, 0.1) is 0 Å². The standard InChI is InChI=1S/C16H25NO/c1-2-15(16(17)18)13-9-4-3-6-10-14-11-7-5-8-12-14/h5,7-8,11-12,15H,2-4,6,9-10,13H2,1H3,(H2,17,18). The fourth-order valence-electron chi connectivity index (χ4n) is 2.27. The average Bonchev–Trinajstić information content (AvgIpc) is 2.38. The van der Waals surface area contributed by atoms with Crippen molar-refractivity contribution in [2.45, 2.75) is 51.9 Å². The summed E-state index contributed by atoms with van der Waals surface area (Å²) in [6, 6.07) is 10.6. The van der Waals surface area contributed by atoms with Crippen LogP contribution in [-0.2, 0) is 11.2 Å². The van der Waals surface area contributed by atoms with Crippen LogP contribution in [0.25, 0.3) is 0 Å². The summed E-state index contributed by atoms with van der Waals surface area (Å²) in [6.07, 6.45) is 7.79. The summed E-state index contributed by atoms with van der Waals surface area (Å²) in [5.74, 6) is -0.0547. The number of hydrogen-bond acceptors (Lipinski definition) is 1. The molecule has 0 saturated heterocycles. The summed E-state index contributed by atoms with van der Waals surface area (Å²) in [7, 11) is 0. The number of aryl methyl sites for hydroxylation is 1. The lowest BCUT2D eigenvalue weighted by Gasteiger charge is -2.09. The minimum atomic E-state index is -0.137. The minimum Gasteiger partial charge on any atom is -0.369 e. The fraction of sp³-hybridized carbons (Fsp3) is 0.562. The van der Waals surface area contributed by atoms with Gasteiger partial charge in [-0.2, -0.15) is 0 Å². The third-order valence-corrected chi connectivity index (χ3v) is 3.51. The van der Waals surface area contributed by atoms with E-state index in [1.54, 1.807) is 0 Å². The van der Waals surface area contributed by atoms with Crippen LogP contribution < -0.4 is 5.73 Å². The molecule has 1 aromatic rings. The Bertz CT molecular complexity index is 334. The van der Waals surface area contributed by atoms with E-state index in [4.69, 9.17) is 5.73 Å². The van der Waals surface area contributed by atoms with Gasteiger partial charge in [0.1, 0.15) is 0 Å². The summed E-state index contributed by atoms with van der Waals surface area (Å²) in [5.41, 5.74) is 6.74. The highest BCUT2D eigenvalue weighted by atomic mass is 16.1. The molecule has 0 saturated carbocycles. The van der Waals surface area contributed by atoms with Gasteiger partial charge in [-0.15, -0.1) is 0 Å². The van der Waals surface area contributed by atoms with Gasteiger partial charge < -0.3 is 5.73 Å². The lowest BCUT2D eigenvalue weighted by Crippen LogP contribution is -2.22. The van der Waals surface area contributed by atoms with Crippen LogP contribution in [0.4, 0.5) is 0 Å². The SMILES string of the molecule is CCC(CCCCCCc1ccccc1)C(N)=O. The van der Waals surface area contributed by atoms with E-state index >= 15 is 0 Å². The van der Waals surface area contributed by atoms with Crippen molar-refractivity contribution < 1.29 is 4.79 Å². The zero-order chi connectivity index (χ0) is 13.2. The van der Waals surface area contributed by atoms with Crippen molar-refractivity contribution in [2.24, 2.45) is 11.7 Å². The van der Waals surface area contributed by atoms with Gasteiger partial charge in [0, 0.05) is 5.92 Å².